The molecule has 4 nitrogen and oxygen atoms in total. The first-order valence-corrected chi connectivity index (χ1v) is 24.3. The Labute approximate surface area is 394 Å². The maximum atomic E-state index is 7.22. The molecule has 3 aliphatic rings. The van der Waals surface area contributed by atoms with Gasteiger partial charge in [0.25, 0.3) is 6.71 Å². The topological polar surface area (TPSA) is 26.2 Å². The van der Waals surface area contributed by atoms with Crippen molar-refractivity contribution in [2.45, 2.75) is 105 Å². The number of hydrogen-bond acceptors (Lipinski definition) is 2. The predicted octanol–water partition coefficient (Wildman–Crippen LogP) is 14.6. The van der Waals surface area contributed by atoms with Crippen molar-refractivity contribution in [2.24, 2.45) is 0 Å². The zero-order valence-corrected chi connectivity index (χ0v) is 41.0. The largest absolute Gasteiger partial charge is 0.454 e. The first-order valence-electron chi connectivity index (χ1n) is 24.3. The third-order valence-corrected chi connectivity index (χ3v) is 15.8. The average molecular weight is 872 g/mol. The van der Waals surface area contributed by atoms with Crippen molar-refractivity contribution in [3.63, 3.8) is 0 Å². The van der Waals surface area contributed by atoms with Gasteiger partial charge in [-0.05, 0) is 134 Å². The molecule has 0 atom stereocenters. The van der Waals surface area contributed by atoms with Crippen molar-refractivity contribution < 1.29 is 4.42 Å². The highest BCUT2D eigenvalue weighted by Gasteiger charge is 2.47. The molecule has 5 heterocycles. The van der Waals surface area contributed by atoms with Gasteiger partial charge in [0.15, 0.2) is 5.58 Å². The van der Waals surface area contributed by atoms with Crippen LogP contribution >= 0.6 is 0 Å². The van der Waals surface area contributed by atoms with Crippen LogP contribution in [-0.2, 0) is 21.7 Å². The lowest BCUT2D eigenvalue weighted by molar-refractivity contribution is 0.590. The Balaban J connectivity index is 1.18. The lowest BCUT2D eigenvalue weighted by atomic mass is 9.34. The Hall–Kier alpha value is -6.72. The number of para-hydroxylation sites is 1. The van der Waals surface area contributed by atoms with E-state index in [1.165, 1.54) is 88.8 Å². The molecular formula is C62H58BN3O. The van der Waals surface area contributed by atoms with Gasteiger partial charge >= 0.3 is 0 Å². The molecule has 0 radical (unpaired) electrons. The summed E-state index contributed by atoms with van der Waals surface area (Å²) in [6.07, 6.45) is 0. The van der Waals surface area contributed by atoms with Crippen molar-refractivity contribution in [3.8, 4) is 22.6 Å². The van der Waals surface area contributed by atoms with Crippen molar-refractivity contribution in [3.05, 3.63) is 167 Å². The normalized spacial score (nSPS) is 14.7. The summed E-state index contributed by atoms with van der Waals surface area (Å²) >= 11 is 0. The summed E-state index contributed by atoms with van der Waals surface area (Å²) in [6, 6.07) is 51.2. The Bertz CT molecular complexity index is 3720. The smallest absolute Gasteiger partial charge is 0.252 e. The Morgan fingerprint density at radius 3 is 1.79 bits per heavy atom. The van der Waals surface area contributed by atoms with Crippen molar-refractivity contribution in [2.75, 3.05) is 4.90 Å². The number of furan rings is 1. The van der Waals surface area contributed by atoms with E-state index in [0.717, 1.165) is 44.5 Å². The van der Waals surface area contributed by atoms with Gasteiger partial charge < -0.3 is 18.5 Å². The highest BCUT2D eigenvalue weighted by atomic mass is 16.3. The van der Waals surface area contributed by atoms with Crippen LogP contribution in [0.1, 0.15) is 110 Å². The molecule has 1 aliphatic carbocycles. The standard InChI is InChI=1S/C62H58BN3O/c1-35-31-48-53-49(32-35)66-56-42-18-14-16-20-50(42)67-58(56)51-47(64(39-25-21-36(22-26-39)59(2,3)4)40-27-23-37(24-28-40)60(5,6)7)30-29-45(57(51)66)63(53)46-34-38(61(8,9)10)33-43-52-55(65(48)54(43)46)41-17-13-15-19-44(41)62(52,11)12/h13-34H,1-12H3. The molecule has 0 bridgehead atoms. The monoisotopic (exact) mass is 871 g/mol. The predicted molar refractivity (Wildman–Crippen MR) is 285 cm³/mol. The van der Waals surface area contributed by atoms with Crippen LogP contribution in [0, 0.1) is 6.92 Å². The summed E-state index contributed by atoms with van der Waals surface area (Å²) < 4.78 is 12.5. The minimum absolute atomic E-state index is 0.00353. The molecule has 13 rings (SSSR count). The molecule has 67 heavy (non-hydrogen) atoms. The zero-order valence-electron chi connectivity index (χ0n) is 41.0. The highest BCUT2D eigenvalue weighted by Crippen LogP contribution is 2.55. The van der Waals surface area contributed by atoms with Gasteiger partial charge in [0.2, 0.25) is 0 Å². The van der Waals surface area contributed by atoms with E-state index in [1.54, 1.807) is 0 Å². The van der Waals surface area contributed by atoms with Crippen LogP contribution in [0.5, 0.6) is 0 Å². The van der Waals surface area contributed by atoms with E-state index in [2.05, 4.69) is 231 Å². The van der Waals surface area contributed by atoms with Gasteiger partial charge in [-0.15, -0.1) is 0 Å². The van der Waals surface area contributed by atoms with Gasteiger partial charge in [-0.25, -0.2) is 0 Å². The fraction of sp³-hybridized carbons (Fsp3) is 0.258. The molecule has 10 aromatic rings. The van der Waals surface area contributed by atoms with E-state index in [4.69, 9.17) is 4.42 Å². The number of aryl methyl sites for hydroxylation is 1. The number of anilines is 3. The van der Waals surface area contributed by atoms with Crippen LogP contribution in [0.15, 0.2) is 138 Å². The maximum Gasteiger partial charge on any atom is 0.252 e. The van der Waals surface area contributed by atoms with Crippen LogP contribution < -0.4 is 21.3 Å². The number of nitrogens with zero attached hydrogens (tertiary/aromatic N) is 3. The molecule has 0 saturated heterocycles. The van der Waals surface area contributed by atoms with Crippen molar-refractivity contribution in [1.29, 1.82) is 0 Å². The number of fused-ring (bicyclic) bond motifs is 14. The van der Waals surface area contributed by atoms with E-state index in [9.17, 15) is 0 Å². The number of rotatable bonds is 3. The molecule has 0 N–H and O–H groups in total. The van der Waals surface area contributed by atoms with Crippen LogP contribution in [-0.4, -0.2) is 15.8 Å². The molecular weight excluding hydrogens is 814 g/mol. The summed E-state index contributed by atoms with van der Waals surface area (Å²) in [6.45, 7) is 28.0. The molecule has 2 aliphatic heterocycles. The summed E-state index contributed by atoms with van der Waals surface area (Å²) in [7, 11) is 0. The Kier molecular flexibility index (Phi) is 7.89. The van der Waals surface area contributed by atoms with Gasteiger partial charge in [-0.1, -0.05) is 149 Å². The molecule has 0 unspecified atom stereocenters. The van der Waals surface area contributed by atoms with Crippen LogP contribution in [0.4, 0.5) is 17.1 Å². The fourth-order valence-corrected chi connectivity index (χ4v) is 12.4. The quantitative estimate of drug-likeness (QED) is 0.165. The lowest BCUT2D eigenvalue weighted by Gasteiger charge is -2.36. The summed E-state index contributed by atoms with van der Waals surface area (Å²) in [5.74, 6) is 0. The highest BCUT2D eigenvalue weighted by molar-refractivity contribution is 7.00. The molecule has 5 heteroatoms. The Morgan fingerprint density at radius 2 is 1.15 bits per heavy atom. The SMILES string of the molecule is Cc1cc2c3c(c1)-n1c4c(ccc(N(c5ccc(C(C)(C)C)cc5)c5ccc(C(C)(C)C)cc5)c4c4oc5ccccc5c41)B3c1cc(C(C)(C)C)cc3c4c(n-2c13)-c1ccccc1C4(C)C. The van der Waals surface area contributed by atoms with Gasteiger partial charge in [0.1, 0.15) is 11.1 Å². The van der Waals surface area contributed by atoms with Crippen LogP contribution in [0.3, 0.4) is 0 Å². The summed E-state index contributed by atoms with van der Waals surface area (Å²) in [4.78, 5) is 2.47. The first kappa shape index (κ1) is 40.6. The molecule has 7 aromatic carbocycles. The minimum atomic E-state index is -0.169. The molecule has 330 valence electrons. The second-order valence-electron chi connectivity index (χ2n) is 23.5. The third kappa shape index (κ3) is 5.37. The summed E-state index contributed by atoms with van der Waals surface area (Å²) in [5.41, 5.74) is 26.0. The second kappa shape index (κ2) is 13.0. The van der Waals surface area contributed by atoms with Crippen LogP contribution in [0.2, 0.25) is 0 Å². The van der Waals surface area contributed by atoms with Gasteiger partial charge in [0.05, 0.1) is 22.3 Å². The number of aromatic nitrogens is 2. The number of benzene rings is 7. The van der Waals surface area contributed by atoms with E-state index < -0.39 is 0 Å². The average Bonchev–Trinajstić information content (AvgIpc) is 4.00. The van der Waals surface area contributed by atoms with Crippen molar-refractivity contribution >= 4 is 84.0 Å². The molecule has 0 saturated carbocycles. The lowest BCUT2D eigenvalue weighted by Crippen LogP contribution is -2.59. The van der Waals surface area contributed by atoms with E-state index in [0.29, 0.717) is 0 Å². The van der Waals surface area contributed by atoms with E-state index >= 15 is 0 Å². The second-order valence-corrected chi connectivity index (χ2v) is 23.5. The summed E-state index contributed by atoms with van der Waals surface area (Å²) in [5, 5.41) is 3.64. The van der Waals surface area contributed by atoms with E-state index in [1.807, 2.05) is 0 Å². The van der Waals surface area contributed by atoms with Crippen LogP contribution in [0.25, 0.3) is 66.5 Å². The fourth-order valence-electron chi connectivity index (χ4n) is 12.4. The molecule has 0 spiro atoms. The van der Waals surface area contributed by atoms with Crippen molar-refractivity contribution in [1.82, 2.24) is 9.13 Å². The third-order valence-electron chi connectivity index (χ3n) is 15.8. The Morgan fingerprint density at radius 1 is 0.552 bits per heavy atom. The van der Waals surface area contributed by atoms with E-state index in [-0.39, 0.29) is 28.4 Å². The van der Waals surface area contributed by atoms with Gasteiger partial charge in [-0.3, -0.25) is 0 Å². The zero-order chi connectivity index (χ0) is 46.4. The maximum absolute atomic E-state index is 7.22. The molecule has 0 amide bonds. The minimum Gasteiger partial charge on any atom is -0.454 e. The van der Waals surface area contributed by atoms with Gasteiger partial charge in [0, 0.05) is 50.0 Å². The molecule has 3 aromatic heterocycles. The van der Waals surface area contributed by atoms with Gasteiger partial charge in [-0.2, -0.15) is 0 Å². The number of hydrogen-bond donors (Lipinski definition) is 0. The first-order chi connectivity index (χ1) is 31.8. The molecule has 0 fully saturated rings.